The van der Waals surface area contributed by atoms with E-state index < -0.39 is 0 Å². The zero-order valence-corrected chi connectivity index (χ0v) is 12.9. The third-order valence-corrected chi connectivity index (χ3v) is 4.26. The highest BCUT2D eigenvalue weighted by atomic mass is 32.1. The van der Waals surface area contributed by atoms with E-state index in [1.54, 1.807) is 0 Å². The highest BCUT2D eigenvalue weighted by Gasteiger charge is 2.15. The summed E-state index contributed by atoms with van der Waals surface area (Å²) in [6, 6.07) is 9.78. The fourth-order valence-electron chi connectivity index (χ4n) is 2.29. The fourth-order valence-corrected chi connectivity index (χ4v) is 3.05. The van der Waals surface area contributed by atoms with Gasteiger partial charge >= 0.3 is 0 Å². The number of carbonyl (C=O) groups is 1. The van der Waals surface area contributed by atoms with Gasteiger partial charge in [0, 0.05) is 18.7 Å². The van der Waals surface area contributed by atoms with Crippen LogP contribution in [0.4, 0.5) is 5.13 Å². The number of carbonyl (C=O) groups excluding carboxylic acids is 1. The van der Waals surface area contributed by atoms with Crippen molar-refractivity contribution in [1.29, 1.82) is 0 Å². The van der Waals surface area contributed by atoms with Crippen molar-refractivity contribution in [3.05, 3.63) is 30.3 Å². The lowest BCUT2D eigenvalue weighted by Gasteiger charge is -2.09. The third kappa shape index (κ3) is 4.09. The summed E-state index contributed by atoms with van der Waals surface area (Å²) >= 11 is 1.37. The number of benzene rings is 1. The summed E-state index contributed by atoms with van der Waals surface area (Å²) in [5.74, 6) is -0.117. The molecule has 2 heterocycles. The van der Waals surface area contributed by atoms with E-state index in [2.05, 4.69) is 20.8 Å². The van der Waals surface area contributed by atoms with Crippen molar-refractivity contribution < 1.29 is 9.53 Å². The number of amides is 1. The highest BCUT2D eigenvalue weighted by Crippen LogP contribution is 2.25. The van der Waals surface area contributed by atoms with E-state index in [0.29, 0.717) is 11.7 Å². The van der Waals surface area contributed by atoms with E-state index in [-0.39, 0.29) is 18.6 Å². The number of hydrogen-bond donors (Lipinski definition) is 2. The van der Waals surface area contributed by atoms with Crippen LogP contribution in [0.3, 0.4) is 0 Å². The molecule has 0 aliphatic carbocycles. The van der Waals surface area contributed by atoms with Crippen molar-refractivity contribution >= 4 is 22.4 Å². The van der Waals surface area contributed by atoms with Gasteiger partial charge in [0.2, 0.25) is 11.0 Å². The monoisotopic (exact) mass is 318 g/mol. The Bertz CT molecular complexity index is 611. The zero-order valence-electron chi connectivity index (χ0n) is 12.1. The van der Waals surface area contributed by atoms with Gasteiger partial charge < -0.3 is 10.1 Å². The smallest absolute Gasteiger partial charge is 0.240 e. The highest BCUT2D eigenvalue weighted by molar-refractivity contribution is 7.18. The van der Waals surface area contributed by atoms with Crippen LogP contribution in [0.25, 0.3) is 10.6 Å². The lowest BCUT2D eigenvalue weighted by Crippen LogP contribution is -2.33. The Morgan fingerprint density at radius 1 is 1.32 bits per heavy atom. The maximum absolute atomic E-state index is 11.9. The minimum atomic E-state index is -0.117. The molecule has 0 saturated carbocycles. The standard InChI is InChI=1S/C15H18N4O2S/c20-13(10-16-9-12-7-4-8-21-12)17-15-19-18-14(22-15)11-5-2-1-3-6-11/h1-3,5-6,12,16H,4,7-10H2,(H,17,19,20)/t12-/m0/s1. The van der Waals surface area contributed by atoms with Crippen LogP contribution in [0.5, 0.6) is 0 Å². The van der Waals surface area contributed by atoms with E-state index in [0.717, 1.165) is 30.0 Å². The zero-order chi connectivity index (χ0) is 15.2. The van der Waals surface area contributed by atoms with Crippen molar-refractivity contribution in [2.45, 2.75) is 18.9 Å². The van der Waals surface area contributed by atoms with Crippen LogP contribution in [0.1, 0.15) is 12.8 Å². The first-order valence-electron chi connectivity index (χ1n) is 7.32. The number of nitrogens with zero attached hydrogens (tertiary/aromatic N) is 2. The van der Waals surface area contributed by atoms with Gasteiger partial charge in [0.05, 0.1) is 12.6 Å². The predicted octanol–water partition coefficient (Wildman–Crippen LogP) is 1.91. The fraction of sp³-hybridized carbons (Fsp3) is 0.400. The summed E-state index contributed by atoms with van der Waals surface area (Å²) in [7, 11) is 0. The SMILES string of the molecule is O=C(CNC[C@@H]1CCCO1)Nc1nnc(-c2ccccc2)s1. The molecule has 2 N–H and O–H groups in total. The molecule has 0 bridgehead atoms. The van der Waals surface area contributed by atoms with Crippen molar-refractivity contribution in [1.82, 2.24) is 15.5 Å². The second-order valence-corrected chi connectivity index (χ2v) is 6.07. The number of anilines is 1. The van der Waals surface area contributed by atoms with Gasteiger partial charge in [-0.05, 0) is 12.8 Å². The minimum absolute atomic E-state index is 0.117. The largest absolute Gasteiger partial charge is 0.377 e. The summed E-state index contributed by atoms with van der Waals surface area (Å²) in [6.07, 6.45) is 2.40. The minimum Gasteiger partial charge on any atom is -0.377 e. The number of hydrogen-bond acceptors (Lipinski definition) is 6. The Hall–Kier alpha value is -1.83. The van der Waals surface area contributed by atoms with Gasteiger partial charge in [0.15, 0.2) is 0 Å². The van der Waals surface area contributed by atoms with E-state index >= 15 is 0 Å². The topological polar surface area (TPSA) is 76.1 Å². The number of aromatic nitrogens is 2. The Balaban J connectivity index is 1.46. The number of rotatable bonds is 6. The normalized spacial score (nSPS) is 17.5. The molecule has 22 heavy (non-hydrogen) atoms. The maximum atomic E-state index is 11.9. The predicted molar refractivity (Wildman–Crippen MR) is 85.8 cm³/mol. The van der Waals surface area contributed by atoms with Crippen LogP contribution < -0.4 is 10.6 Å². The molecular weight excluding hydrogens is 300 g/mol. The second-order valence-electron chi connectivity index (χ2n) is 5.09. The number of ether oxygens (including phenoxy) is 1. The Morgan fingerprint density at radius 3 is 2.95 bits per heavy atom. The van der Waals surface area contributed by atoms with Gasteiger partial charge in [0.25, 0.3) is 0 Å². The Labute approximate surface area is 132 Å². The molecule has 1 aliphatic heterocycles. The summed E-state index contributed by atoms with van der Waals surface area (Å²) < 4.78 is 5.49. The molecule has 1 aromatic carbocycles. The van der Waals surface area contributed by atoms with E-state index in [9.17, 15) is 4.79 Å². The lowest BCUT2D eigenvalue weighted by atomic mass is 10.2. The molecule has 1 atom stereocenters. The molecule has 2 aromatic rings. The first-order chi connectivity index (χ1) is 10.8. The molecule has 3 rings (SSSR count). The quantitative estimate of drug-likeness (QED) is 0.851. The molecule has 1 saturated heterocycles. The van der Waals surface area contributed by atoms with Gasteiger partial charge in [-0.25, -0.2) is 0 Å². The van der Waals surface area contributed by atoms with Crippen LogP contribution >= 0.6 is 11.3 Å². The van der Waals surface area contributed by atoms with Gasteiger partial charge in [-0.15, -0.1) is 10.2 Å². The van der Waals surface area contributed by atoms with Crippen LogP contribution in [-0.4, -0.2) is 41.9 Å². The maximum Gasteiger partial charge on any atom is 0.240 e. The van der Waals surface area contributed by atoms with Crippen LogP contribution in [0.2, 0.25) is 0 Å². The molecule has 1 fully saturated rings. The van der Waals surface area contributed by atoms with Gasteiger partial charge in [-0.3, -0.25) is 10.1 Å². The van der Waals surface area contributed by atoms with Crippen LogP contribution in [0.15, 0.2) is 30.3 Å². The Morgan fingerprint density at radius 2 is 2.18 bits per heavy atom. The summed E-state index contributed by atoms with van der Waals surface area (Å²) in [6.45, 7) is 1.78. The molecule has 7 heteroatoms. The summed E-state index contributed by atoms with van der Waals surface area (Å²) in [5, 5.41) is 15.3. The van der Waals surface area contributed by atoms with Crippen molar-refractivity contribution in [2.75, 3.05) is 25.0 Å². The lowest BCUT2D eigenvalue weighted by molar-refractivity contribution is -0.115. The summed E-state index contributed by atoms with van der Waals surface area (Å²) in [4.78, 5) is 11.9. The van der Waals surface area contributed by atoms with Gasteiger partial charge in [-0.2, -0.15) is 0 Å². The Kier molecular flexibility index (Phi) is 5.10. The van der Waals surface area contributed by atoms with Crippen molar-refractivity contribution in [3.63, 3.8) is 0 Å². The molecule has 0 radical (unpaired) electrons. The molecule has 116 valence electrons. The molecule has 0 unspecified atom stereocenters. The average molecular weight is 318 g/mol. The van der Waals surface area contributed by atoms with Crippen molar-refractivity contribution in [3.8, 4) is 10.6 Å². The molecular formula is C15H18N4O2S. The first-order valence-corrected chi connectivity index (χ1v) is 8.14. The van der Waals surface area contributed by atoms with E-state index in [4.69, 9.17) is 4.74 Å². The van der Waals surface area contributed by atoms with Gasteiger partial charge in [-0.1, -0.05) is 41.7 Å². The molecule has 0 spiro atoms. The second kappa shape index (κ2) is 7.44. The van der Waals surface area contributed by atoms with Crippen LogP contribution in [0, 0.1) is 0 Å². The molecule has 1 aliphatic rings. The van der Waals surface area contributed by atoms with Crippen molar-refractivity contribution in [2.24, 2.45) is 0 Å². The summed E-state index contributed by atoms with van der Waals surface area (Å²) in [5.41, 5.74) is 0.997. The van der Waals surface area contributed by atoms with Crippen LogP contribution in [-0.2, 0) is 9.53 Å². The average Bonchev–Trinajstić information content (AvgIpc) is 3.20. The first kappa shape index (κ1) is 15.1. The third-order valence-electron chi connectivity index (χ3n) is 3.37. The van der Waals surface area contributed by atoms with E-state index in [1.807, 2.05) is 30.3 Å². The number of nitrogens with one attached hydrogen (secondary N) is 2. The molecule has 6 nitrogen and oxygen atoms in total. The van der Waals surface area contributed by atoms with E-state index in [1.165, 1.54) is 11.3 Å². The van der Waals surface area contributed by atoms with Gasteiger partial charge in [0.1, 0.15) is 5.01 Å². The molecule has 1 aromatic heterocycles. The molecule has 1 amide bonds.